The summed E-state index contributed by atoms with van der Waals surface area (Å²) in [6.07, 6.45) is 6.41. The molecular formula is C24H25NO2. The van der Waals surface area contributed by atoms with Crippen molar-refractivity contribution in [2.75, 3.05) is 6.61 Å². The second kappa shape index (κ2) is 6.56. The highest BCUT2D eigenvalue weighted by Gasteiger charge is 2.40. The topological polar surface area (TPSA) is 29.5 Å². The third-order valence-corrected chi connectivity index (χ3v) is 6.47. The van der Waals surface area contributed by atoms with Crippen LogP contribution in [0.25, 0.3) is 11.1 Å². The molecule has 0 N–H and O–H groups in total. The molecule has 3 aliphatic rings. The van der Waals surface area contributed by atoms with Crippen LogP contribution in [0.5, 0.6) is 0 Å². The first-order valence-electron chi connectivity index (χ1n) is 10.1. The summed E-state index contributed by atoms with van der Waals surface area (Å²) in [5.74, 6) is 0.130. The fourth-order valence-corrected chi connectivity index (χ4v) is 5.13. The van der Waals surface area contributed by atoms with E-state index in [-0.39, 0.29) is 18.1 Å². The highest BCUT2D eigenvalue weighted by Crippen LogP contribution is 2.45. The summed E-state index contributed by atoms with van der Waals surface area (Å²) in [6.45, 7) is 2.61. The van der Waals surface area contributed by atoms with E-state index in [0.717, 1.165) is 25.7 Å². The molecule has 27 heavy (non-hydrogen) atoms. The van der Waals surface area contributed by atoms with Gasteiger partial charge in [-0.3, -0.25) is 4.90 Å². The number of rotatable bonds is 3. The zero-order chi connectivity index (χ0) is 18.4. The van der Waals surface area contributed by atoms with Crippen LogP contribution in [0.4, 0.5) is 4.79 Å². The molecule has 1 saturated heterocycles. The van der Waals surface area contributed by atoms with E-state index in [2.05, 4.69) is 61.5 Å². The van der Waals surface area contributed by atoms with Gasteiger partial charge in [-0.25, -0.2) is 4.79 Å². The molecule has 0 saturated carbocycles. The number of fused-ring (bicyclic) bond motifs is 5. The highest BCUT2D eigenvalue weighted by molar-refractivity contribution is 5.79. The van der Waals surface area contributed by atoms with Crippen LogP contribution in [0.1, 0.15) is 49.7 Å². The molecule has 3 nitrogen and oxygen atoms in total. The van der Waals surface area contributed by atoms with Crippen LogP contribution in [0.2, 0.25) is 0 Å². The van der Waals surface area contributed by atoms with Crippen LogP contribution in [-0.2, 0) is 4.74 Å². The van der Waals surface area contributed by atoms with Crippen LogP contribution >= 0.6 is 0 Å². The molecule has 1 aliphatic carbocycles. The third-order valence-electron chi connectivity index (χ3n) is 6.47. The normalized spacial score (nSPS) is 23.0. The Bertz CT molecular complexity index is 871. The van der Waals surface area contributed by atoms with Gasteiger partial charge >= 0.3 is 6.09 Å². The molecule has 2 aromatic rings. The summed E-state index contributed by atoms with van der Waals surface area (Å²) >= 11 is 0. The molecule has 1 fully saturated rings. The molecule has 0 radical (unpaired) electrons. The maximum absolute atomic E-state index is 12.9. The monoisotopic (exact) mass is 359 g/mol. The van der Waals surface area contributed by atoms with E-state index in [4.69, 9.17) is 4.74 Å². The van der Waals surface area contributed by atoms with Crippen LogP contribution in [0.15, 0.2) is 60.2 Å². The van der Waals surface area contributed by atoms with Gasteiger partial charge in [0, 0.05) is 12.0 Å². The summed E-state index contributed by atoms with van der Waals surface area (Å²) < 4.78 is 5.89. The van der Waals surface area contributed by atoms with Crippen molar-refractivity contribution >= 4 is 6.09 Å². The Hall–Kier alpha value is -2.55. The number of carbonyl (C=O) groups excluding carboxylic acids is 1. The van der Waals surface area contributed by atoms with E-state index in [1.807, 2.05) is 4.90 Å². The summed E-state index contributed by atoms with van der Waals surface area (Å²) in [6, 6.07) is 17.5. The largest absolute Gasteiger partial charge is 0.448 e. The number of benzene rings is 2. The molecule has 0 spiro atoms. The minimum absolute atomic E-state index is 0.130. The summed E-state index contributed by atoms with van der Waals surface area (Å²) in [7, 11) is 0. The Labute approximate surface area is 160 Å². The van der Waals surface area contributed by atoms with Gasteiger partial charge in [-0.2, -0.15) is 0 Å². The van der Waals surface area contributed by atoms with E-state index < -0.39 is 0 Å². The van der Waals surface area contributed by atoms with Crippen molar-refractivity contribution in [1.29, 1.82) is 0 Å². The lowest BCUT2D eigenvalue weighted by atomic mass is 9.98. The van der Waals surface area contributed by atoms with E-state index in [1.54, 1.807) is 0 Å². The van der Waals surface area contributed by atoms with Crippen LogP contribution in [0.3, 0.4) is 0 Å². The molecule has 2 atom stereocenters. The number of carbonyl (C=O) groups is 1. The first kappa shape index (κ1) is 16.6. The van der Waals surface area contributed by atoms with Crippen LogP contribution in [0, 0.1) is 0 Å². The Balaban J connectivity index is 1.35. The fraction of sp³-hybridized carbons (Fsp3) is 0.375. The van der Waals surface area contributed by atoms with Crippen LogP contribution < -0.4 is 0 Å². The Morgan fingerprint density at radius 3 is 2.33 bits per heavy atom. The smallest absolute Gasteiger partial charge is 0.410 e. The third kappa shape index (κ3) is 2.68. The van der Waals surface area contributed by atoms with Crippen molar-refractivity contribution in [2.45, 2.75) is 50.6 Å². The lowest BCUT2D eigenvalue weighted by Gasteiger charge is -2.33. The zero-order valence-electron chi connectivity index (χ0n) is 15.7. The average Bonchev–Trinajstić information content (AvgIpc) is 3.17. The molecule has 5 rings (SSSR count). The molecule has 3 heteroatoms. The molecule has 2 unspecified atom stereocenters. The predicted molar refractivity (Wildman–Crippen MR) is 107 cm³/mol. The van der Waals surface area contributed by atoms with Crippen molar-refractivity contribution in [1.82, 2.24) is 4.90 Å². The predicted octanol–water partition coefficient (Wildman–Crippen LogP) is 5.51. The molecular weight excluding hydrogens is 334 g/mol. The van der Waals surface area contributed by atoms with Crippen molar-refractivity contribution in [2.24, 2.45) is 0 Å². The van der Waals surface area contributed by atoms with Gasteiger partial charge in [0.2, 0.25) is 0 Å². The van der Waals surface area contributed by atoms with Gasteiger partial charge in [0.05, 0.1) is 6.04 Å². The summed E-state index contributed by atoms with van der Waals surface area (Å²) in [5.41, 5.74) is 6.55. The van der Waals surface area contributed by atoms with Gasteiger partial charge in [-0.05, 0) is 47.9 Å². The Kier molecular flexibility index (Phi) is 4.04. The van der Waals surface area contributed by atoms with Crippen molar-refractivity contribution in [3.8, 4) is 11.1 Å². The minimum Gasteiger partial charge on any atom is -0.448 e. The summed E-state index contributed by atoms with van der Waals surface area (Å²) in [4.78, 5) is 14.9. The van der Waals surface area contributed by atoms with Gasteiger partial charge in [0.15, 0.2) is 0 Å². The SMILES string of the molecule is CCC1=CC2CCC(C1)N2C(=O)OCC1c2ccccc2-c2ccccc21. The van der Waals surface area contributed by atoms with Gasteiger partial charge in [0.1, 0.15) is 6.61 Å². The molecule has 2 heterocycles. The number of hydrogen-bond donors (Lipinski definition) is 0. The van der Waals surface area contributed by atoms with Crippen molar-refractivity contribution < 1.29 is 9.53 Å². The lowest BCUT2D eigenvalue weighted by Crippen LogP contribution is -2.43. The number of amides is 1. The zero-order valence-corrected chi connectivity index (χ0v) is 15.7. The minimum atomic E-state index is -0.143. The molecule has 2 bridgehead atoms. The molecule has 2 aromatic carbocycles. The fourth-order valence-electron chi connectivity index (χ4n) is 5.13. The van der Waals surface area contributed by atoms with E-state index in [0.29, 0.717) is 12.6 Å². The molecule has 1 amide bonds. The first-order chi connectivity index (χ1) is 13.3. The molecule has 138 valence electrons. The number of nitrogens with zero attached hydrogens (tertiary/aromatic N) is 1. The Morgan fingerprint density at radius 2 is 1.70 bits per heavy atom. The van der Waals surface area contributed by atoms with E-state index >= 15 is 0 Å². The standard InChI is InChI=1S/C24H25NO2/c1-2-16-13-17-11-12-18(14-16)25(17)24(26)27-15-23-21-9-5-3-7-19(21)20-8-4-6-10-22(20)23/h3-10,13,17-18,23H,2,11-12,14-15H2,1H3. The quantitative estimate of drug-likeness (QED) is 0.676. The molecule has 0 aromatic heterocycles. The maximum atomic E-state index is 12.9. The van der Waals surface area contributed by atoms with Gasteiger partial charge < -0.3 is 4.74 Å². The second-order valence-corrected chi connectivity index (χ2v) is 7.89. The number of hydrogen-bond acceptors (Lipinski definition) is 2. The lowest BCUT2D eigenvalue weighted by molar-refractivity contribution is 0.0849. The maximum Gasteiger partial charge on any atom is 0.410 e. The summed E-state index contributed by atoms with van der Waals surface area (Å²) in [5, 5.41) is 0. The van der Waals surface area contributed by atoms with Gasteiger partial charge in [0.25, 0.3) is 0 Å². The van der Waals surface area contributed by atoms with Crippen molar-refractivity contribution in [3.63, 3.8) is 0 Å². The van der Waals surface area contributed by atoms with Gasteiger partial charge in [-0.15, -0.1) is 0 Å². The van der Waals surface area contributed by atoms with Crippen molar-refractivity contribution in [3.05, 3.63) is 71.3 Å². The van der Waals surface area contributed by atoms with E-state index in [9.17, 15) is 4.79 Å². The Morgan fingerprint density at radius 1 is 1.04 bits per heavy atom. The van der Waals surface area contributed by atoms with Gasteiger partial charge in [-0.1, -0.05) is 67.1 Å². The first-order valence-corrected chi connectivity index (χ1v) is 10.1. The van der Waals surface area contributed by atoms with Crippen LogP contribution in [-0.4, -0.2) is 29.7 Å². The molecule has 2 aliphatic heterocycles. The highest BCUT2D eigenvalue weighted by atomic mass is 16.6. The average molecular weight is 359 g/mol. The van der Waals surface area contributed by atoms with E-state index in [1.165, 1.54) is 27.8 Å². The second-order valence-electron chi connectivity index (χ2n) is 7.89. The number of ether oxygens (including phenoxy) is 1.